The summed E-state index contributed by atoms with van der Waals surface area (Å²) in [6.45, 7) is 5.53. The maximum Gasteiger partial charge on any atom is 0.408 e. The molecule has 30 heavy (non-hydrogen) atoms. The highest BCUT2D eigenvalue weighted by Crippen LogP contribution is 2.18. The summed E-state index contributed by atoms with van der Waals surface area (Å²) < 4.78 is 22.0. The van der Waals surface area contributed by atoms with Gasteiger partial charge in [-0.05, 0) is 50.6 Å². The molecule has 0 heterocycles. The summed E-state index contributed by atoms with van der Waals surface area (Å²) in [6.07, 6.45) is -0.917. The largest absolute Gasteiger partial charge is 0.497 e. The summed E-state index contributed by atoms with van der Waals surface area (Å²) in [5.41, 5.74) is 0.240. The maximum atomic E-state index is 12.3. The van der Waals surface area contributed by atoms with Crippen molar-refractivity contribution in [2.75, 3.05) is 13.7 Å². The molecule has 162 valence electrons. The molecule has 0 radical (unpaired) electrons. The van der Waals surface area contributed by atoms with Gasteiger partial charge in [0.1, 0.15) is 29.8 Å². The zero-order valence-electron chi connectivity index (χ0n) is 17.8. The third kappa shape index (κ3) is 8.13. The van der Waals surface area contributed by atoms with Crippen LogP contribution in [0, 0.1) is 0 Å². The van der Waals surface area contributed by atoms with Crippen LogP contribution >= 0.6 is 0 Å². The lowest BCUT2D eigenvalue weighted by Crippen LogP contribution is -2.50. The van der Waals surface area contributed by atoms with Gasteiger partial charge in [-0.2, -0.15) is 0 Å². The number of carbonyl (C=O) groups is 2. The first-order chi connectivity index (χ1) is 14.3. The number of alkyl carbamates (subject to hydrolysis) is 1. The zero-order valence-corrected chi connectivity index (χ0v) is 17.8. The van der Waals surface area contributed by atoms with E-state index in [0.29, 0.717) is 17.8 Å². The second-order valence-corrected chi connectivity index (χ2v) is 7.64. The monoisotopic (exact) mass is 415 g/mol. The molecule has 1 amide bonds. The molecule has 0 bridgehead atoms. The van der Waals surface area contributed by atoms with Crippen molar-refractivity contribution in [1.82, 2.24) is 5.32 Å². The number of aldehydes is 1. The third-order valence-corrected chi connectivity index (χ3v) is 4.01. The summed E-state index contributed by atoms with van der Waals surface area (Å²) >= 11 is 0. The Bertz CT molecular complexity index is 786. The van der Waals surface area contributed by atoms with Crippen LogP contribution in [0.3, 0.4) is 0 Å². The summed E-state index contributed by atoms with van der Waals surface area (Å²) in [5, 5.41) is 2.69. The fourth-order valence-corrected chi connectivity index (χ4v) is 2.55. The predicted octanol–water partition coefficient (Wildman–Crippen LogP) is 3.75. The molecule has 0 aromatic heterocycles. The van der Waals surface area contributed by atoms with Gasteiger partial charge in [-0.25, -0.2) is 4.79 Å². The van der Waals surface area contributed by atoms with Crippen molar-refractivity contribution in [1.29, 1.82) is 0 Å². The zero-order chi connectivity index (χ0) is 22.0. The number of rotatable bonds is 10. The molecule has 0 saturated carbocycles. The maximum absolute atomic E-state index is 12.3. The smallest absolute Gasteiger partial charge is 0.408 e. The highest BCUT2D eigenvalue weighted by Gasteiger charge is 2.27. The summed E-state index contributed by atoms with van der Waals surface area (Å²) in [7, 11) is 1.58. The van der Waals surface area contributed by atoms with Crippen LogP contribution < -0.4 is 14.8 Å². The fraction of sp³-hybridized carbons (Fsp3) is 0.391. The molecule has 0 aliphatic rings. The second kappa shape index (κ2) is 11.2. The highest BCUT2D eigenvalue weighted by atomic mass is 16.6. The number of hydrogen-bond acceptors (Lipinski definition) is 6. The van der Waals surface area contributed by atoms with Gasteiger partial charge in [0.2, 0.25) is 0 Å². The van der Waals surface area contributed by atoms with Crippen molar-refractivity contribution in [3.63, 3.8) is 0 Å². The van der Waals surface area contributed by atoms with Crippen LogP contribution in [0.4, 0.5) is 4.79 Å². The molecule has 0 unspecified atom stereocenters. The Balaban J connectivity index is 2.06. The molecule has 2 rings (SSSR count). The average Bonchev–Trinajstić information content (AvgIpc) is 2.72. The van der Waals surface area contributed by atoms with Gasteiger partial charge < -0.3 is 29.1 Å². The number of ether oxygens (including phenoxy) is 4. The highest BCUT2D eigenvalue weighted by molar-refractivity contribution is 5.69. The molecule has 0 fully saturated rings. The molecular formula is C23H29NO6. The van der Waals surface area contributed by atoms with Gasteiger partial charge in [0.25, 0.3) is 0 Å². The van der Waals surface area contributed by atoms with Gasteiger partial charge in [-0.1, -0.05) is 30.3 Å². The summed E-state index contributed by atoms with van der Waals surface area (Å²) in [4.78, 5) is 24.0. The molecule has 0 spiro atoms. The SMILES string of the molecule is COc1ccc(OC[C@@H](NC(=O)OC(C)(C)C)[C@@H](C=O)OCc2ccccc2)cc1. The number of methoxy groups -OCH3 is 1. The Morgan fingerprint density at radius 1 is 1.03 bits per heavy atom. The van der Waals surface area contributed by atoms with Crippen molar-refractivity contribution in [2.45, 2.75) is 45.1 Å². The van der Waals surface area contributed by atoms with Gasteiger partial charge >= 0.3 is 6.09 Å². The van der Waals surface area contributed by atoms with Crippen LogP contribution in [0.25, 0.3) is 0 Å². The van der Waals surface area contributed by atoms with Gasteiger partial charge in [-0.15, -0.1) is 0 Å². The molecule has 7 nitrogen and oxygen atoms in total. The van der Waals surface area contributed by atoms with E-state index in [1.54, 1.807) is 52.1 Å². The first-order valence-electron chi connectivity index (χ1n) is 9.68. The minimum Gasteiger partial charge on any atom is -0.497 e. The first kappa shape index (κ1) is 23.2. The van der Waals surface area contributed by atoms with E-state index in [1.807, 2.05) is 30.3 Å². The van der Waals surface area contributed by atoms with E-state index in [4.69, 9.17) is 18.9 Å². The van der Waals surface area contributed by atoms with E-state index in [9.17, 15) is 9.59 Å². The Kier molecular flexibility index (Phi) is 8.68. The lowest BCUT2D eigenvalue weighted by Gasteiger charge is -2.27. The summed E-state index contributed by atoms with van der Waals surface area (Å²) in [6, 6.07) is 15.7. The van der Waals surface area contributed by atoms with Crippen LogP contribution in [-0.2, 0) is 20.9 Å². The van der Waals surface area contributed by atoms with Crippen LogP contribution in [0.1, 0.15) is 26.3 Å². The van der Waals surface area contributed by atoms with E-state index in [1.165, 1.54) is 0 Å². The van der Waals surface area contributed by atoms with Gasteiger partial charge in [0.15, 0.2) is 6.29 Å². The number of amides is 1. The van der Waals surface area contributed by atoms with Gasteiger partial charge in [0, 0.05) is 0 Å². The van der Waals surface area contributed by atoms with Gasteiger partial charge in [0.05, 0.1) is 19.8 Å². The molecule has 0 aliphatic carbocycles. The molecule has 1 N–H and O–H groups in total. The molecule has 2 aromatic carbocycles. The van der Waals surface area contributed by atoms with E-state index in [2.05, 4.69) is 5.32 Å². The van der Waals surface area contributed by atoms with Crippen molar-refractivity contribution in [3.8, 4) is 11.5 Å². The lowest BCUT2D eigenvalue weighted by molar-refractivity contribution is -0.121. The fourth-order valence-electron chi connectivity index (χ4n) is 2.55. The van der Waals surface area contributed by atoms with E-state index in [0.717, 1.165) is 5.56 Å². The predicted molar refractivity (Wildman–Crippen MR) is 113 cm³/mol. The van der Waals surface area contributed by atoms with Gasteiger partial charge in [-0.3, -0.25) is 0 Å². The molecule has 0 aliphatic heterocycles. The van der Waals surface area contributed by atoms with Crippen LogP contribution in [0.15, 0.2) is 54.6 Å². The topological polar surface area (TPSA) is 83.1 Å². The van der Waals surface area contributed by atoms with E-state index >= 15 is 0 Å². The Hall–Kier alpha value is -3.06. The minimum absolute atomic E-state index is 0.0176. The van der Waals surface area contributed by atoms with Crippen molar-refractivity contribution < 1.29 is 28.5 Å². The average molecular weight is 415 g/mol. The standard InChI is InChI=1S/C23H29NO6/c1-23(2,3)30-22(26)24-20(16-28-19-12-10-18(27-4)11-13-19)21(14-25)29-15-17-8-6-5-7-9-17/h5-14,20-21H,15-16H2,1-4H3,(H,24,26)/t20-,21-/m1/s1. The number of carbonyl (C=O) groups excluding carboxylic acids is 2. The van der Waals surface area contributed by atoms with Crippen molar-refractivity contribution >= 4 is 12.4 Å². The first-order valence-corrected chi connectivity index (χ1v) is 9.68. The normalized spacial score (nSPS) is 13.1. The van der Waals surface area contributed by atoms with E-state index in [-0.39, 0.29) is 13.2 Å². The van der Waals surface area contributed by atoms with Crippen LogP contribution in [-0.4, -0.2) is 43.8 Å². The van der Waals surface area contributed by atoms with Crippen molar-refractivity contribution in [2.24, 2.45) is 0 Å². The van der Waals surface area contributed by atoms with Crippen LogP contribution in [0.2, 0.25) is 0 Å². The minimum atomic E-state index is -0.920. The molecule has 7 heteroatoms. The molecule has 2 aromatic rings. The Labute approximate surface area is 177 Å². The quantitative estimate of drug-likeness (QED) is 0.595. The number of benzene rings is 2. The summed E-state index contributed by atoms with van der Waals surface area (Å²) in [5.74, 6) is 1.27. The van der Waals surface area contributed by atoms with Crippen molar-refractivity contribution in [3.05, 3.63) is 60.2 Å². The molecular weight excluding hydrogens is 386 g/mol. The lowest BCUT2D eigenvalue weighted by atomic mass is 10.1. The molecule has 0 saturated heterocycles. The Morgan fingerprint density at radius 3 is 2.23 bits per heavy atom. The van der Waals surface area contributed by atoms with E-state index < -0.39 is 23.8 Å². The second-order valence-electron chi connectivity index (χ2n) is 7.64. The number of hydrogen-bond donors (Lipinski definition) is 1. The Morgan fingerprint density at radius 2 is 1.67 bits per heavy atom. The number of nitrogens with one attached hydrogen (secondary N) is 1. The third-order valence-electron chi connectivity index (χ3n) is 4.01. The molecule has 2 atom stereocenters. The van der Waals surface area contributed by atoms with Crippen LogP contribution in [0.5, 0.6) is 11.5 Å².